The van der Waals surface area contributed by atoms with Crippen molar-refractivity contribution in [3.05, 3.63) is 0 Å². The van der Waals surface area contributed by atoms with E-state index in [2.05, 4.69) is 13.8 Å². The molecule has 0 spiro atoms. The zero-order valence-electron chi connectivity index (χ0n) is 10.2. The maximum Gasteiger partial charge on any atom is 0.506 e. The van der Waals surface area contributed by atoms with E-state index in [-0.39, 0.29) is 0 Å². The second-order valence-electron chi connectivity index (χ2n) is 4.11. The Kier molecular flexibility index (Phi) is 7.18. The molecule has 1 N–H and O–H groups in total. The molecular weight excluding hydrogens is 192 g/mol. The normalized spacial score (nSPS) is 11.4. The molecule has 90 valence electrons. The van der Waals surface area contributed by atoms with Gasteiger partial charge in [0.2, 0.25) is 0 Å². The van der Waals surface area contributed by atoms with Gasteiger partial charge in [0.1, 0.15) is 5.60 Å². The fourth-order valence-electron chi connectivity index (χ4n) is 1.84. The molecule has 0 bridgehead atoms. The molecule has 0 aromatic heterocycles. The lowest BCUT2D eigenvalue weighted by Gasteiger charge is -2.31. The maximum absolute atomic E-state index is 10.7. The number of hydrogen-bond donors (Lipinski definition) is 1. The molecule has 0 radical (unpaired) electrons. The molecule has 0 aromatic carbocycles. The van der Waals surface area contributed by atoms with Crippen LogP contribution in [-0.4, -0.2) is 16.9 Å². The van der Waals surface area contributed by atoms with Crippen LogP contribution in [0.25, 0.3) is 0 Å². The third-order valence-electron chi connectivity index (χ3n) is 2.92. The topological polar surface area (TPSA) is 46.5 Å². The van der Waals surface area contributed by atoms with Gasteiger partial charge in [0.05, 0.1) is 0 Å². The summed E-state index contributed by atoms with van der Waals surface area (Å²) in [5.41, 5.74) is -0.433. The second-order valence-corrected chi connectivity index (χ2v) is 4.11. The van der Waals surface area contributed by atoms with Crippen molar-refractivity contribution in [2.45, 2.75) is 71.3 Å². The first kappa shape index (κ1) is 14.3. The molecular formula is C12H24O3. The highest BCUT2D eigenvalue weighted by Crippen LogP contribution is 2.29. The quantitative estimate of drug-likeness (QED) is 0.618. The van der Waals surface area contributed by atoms with Gasteiger partial charge in [0.25, 0.3) is 0 Å². The molecule has 15 heavy (non-hydrogen) atoms. The van der Waals surface area contributed by atoms with Crippen LogP contribution in [0.3, 0.4) is 0 Å². The summed E-state index contributed by atoms with van der Waals surface area (Å²) in [6, 6.07) is 0. The predicted octanol–water partition coefficient (Wildman–Crippen LogP) is 4.21. The van der Waals surface area contributed by atoms with Crippen LogP contribution in [0.15, 0.2) is 0 Å². The smallest absolute Gasteiger partial charge is 0.450 e. The first-order valence-corrected chi connectivity index (χ1v) is 6.02. The summed E-state index contributed by atoms with van der Waals surface area (Å²) in [7, 11) is 0. The van der Waals surface area contributed by atoms with Crippen LogP contribution in [0.4, 0.5) is 4.79 Å². The Morgan fingerprint density at radius 3 is 1.87 bits per heavy atom. The second kappa shape index (κ2) is 7.55. The summed E-state index contributed by atoms with van der Waals surface area (Å²) < 4.78 is 5.11. The van der Waals surface area contributed by atoms with E-state index in [1.807, 2.05) is 6.92 Å². The zero-order valence-corrected chi connectivity index (χ0v) is 10.2. The molecule has 0 unspecified atom stereocenters. The van der Waals surface area contributed by atoms with Gasteiger partial charge in [-0.3, -0.25) is 0 Å². The molecule has 0 amide bonds. The van der Waals surface area contributed by atoms with Crippen LogP contribution in [-0.2, 0) is 4.74 Å². The summed E-state index contributed by atoms with van der Waals surface area (Å²) in [6.45, 7) is 6.23. The van der Waals surface area contributed by atoms with Crippen molar-refractivity contribution >= 4 is 6.16 Å². The average Bonchev–Trinajstić information content (AvgIpc) is 2.22. The summed E-state index contributed by atoms with van der Waals surface area (Å²) in [5, 5.41) is 8.76. The Morgan fingerprint density at radius 2 is 1.60 bits per heavy atom. The van der Waals surface area contributed by atoms with Gasteiger partial charge in [-0.15, -0.1) is 0 Å². The minimum atomic E-state index is -1.14. The Bertz CT molecular complexity index is 170. The highest BCUT2D eigenvalue weighted by Gasteiger charge is 2.31. The molecule has 0 saturated carbocycles. The van der Waals surface area contributed by atoms with E-state index in [1.54, 1.807) is 0 Å². The van der Waals surface area contributed by atoms with Gasteiger partial charge in [0.15, 0.2) is 0 Å². The van der Waals surface area contributed by atoms with E-state index in [0.717, 1.165) is 44.9 Å². The van der Waals surface area contributed by atoms with Crippen molar-refractivity contribution in [1.82, 2.24) is 0 Å². The predicted molar refractivity (Wildman–Crippen MR) is 61.2 cm³/mol. The number of rotatable bonds is 8. The third kappa shape index (κ3) is 5.65. The summed E-state index contributed by atoms with van der Waals surface area (Å²) >= 11 is 0. The standard InChI is InChI=1S/C12H24O3/c1-4-7-9-12(6-3,10-8-5-2)15-11(13)14/h4-10H2,1-3H3,(H,13,14). The van der Waals surface area contributed by atoms with Crippen LogP contribution in [0.2, 0.25) is 0 Å². The van der Waals surface area contributed by atoms with E-state index in [4.69, 9.17) is 9.84 Å². The highest BCUT2D eigenvalue weighted by molar-refractivity contribution is 5.57. The molecule has 0 aliphatic carbocycles. The largest absolute Gasteiger partial charge is 0.506 e. The fraction of sp³-hybridized carbons (Fsp3) is 0.917. The Hall–Kier alpha value is -0.730. The number of carboxylic acid groups (broad SMARTS) is 1. The van der Waals surface area contributed by atoms with Crippen LogP contribution >= 0.6 is 0 Å². The van der Waals surface area contributed by atoms with Gasteiger partial charge in [0, 0.05) is 0 Å². The molecule has 0 aliphatic heterocycles. The van der Waals surface area contributed by atoms with E-state index in [0.29, 0.717) is 0 Å². The van der Waals surface area contributed by atoms with Gasteiger partial charge >= 0.3 is 6.16 Å². The van der Waals surface area contributed by atoms with Gasteiger partial charge < -0.3 is 9.84 Å². The van der Waals surface area contributed by atoms with Crippen LogP contribution in [0, 0.1) is 0 Å². The summed E-state index contributed by atoms with van der Waals surface area (Å²) in [6.07, 6.45) is 5.57. The van der Waals surface area contributed by atoms with Crippen molar-refractivity contribution in [2.24, 2.45) is 0 Å². The molecule has 3 nitrogen and oxygen atoms in total. The molecule has 0 atom stereocenters. The first-order valence-electron chi connectivity index (χ1n) is 6.02. The molecule has 0 saturated heterocycles. The van der Waals surface area contributed by atoms with Crippen LogP contribution in [0.5, 0.6) is 0 Å². The third-order valence-corrected chi connectivity index (χ3v) is 2.92. The summed E-state index contributed by atoms with van der Waals surface area (Å²) in [5.74, 6) is 0. The maximum atomic E-state index is 10.7. The molecule has 0 aromatic rings. The van der Waals surface area contributed by atoms with Crippen LogP contribution in [0.1, 0.15) is 65.7 Å². The van der Waals surface area contributed by atoms with E-state index < -0.39 is 11.8 Å². The molecule has 0 heterocycles. The van der Waals surface area contributed by atoms with Crippen molar-refractivity contribution in [3.63, 3.8) is 0 Å². The van der Waals surface area contributed by atoms with Crippen molar-refractivity contribution < 1.29 is 14.6 Å². The highest BCUT2D eigenvalue weighted by atomic mass is 16.7. The van der Waals surface area contributed by atoms with Gasteiger partial charge in [-0.2, -0.15) is 0 Å². The summed E-state index contributed by atoms with van der Waals surface area (Å²) in [4.78, 5) is 10.7. The van der Waals surface area contributed by atoms with Crippen molar-refractivity contribution in [3.8, 4) is 0 Å². The lowest BCUT2D eigenvalue weighted by Crippen LogP contribution is -2.34. The first-order chi connectivity index (χ1) is 7.10. The van der Waals surface area contributed by atoms with Gasteiger partial charge in [-0.1, -0.05) is 33.6 Å². The fourth-order valence-corrected chi connectivity index (χ4v) is 1.84. The van der Waals surface area contributed by atoms with Crippen molar-refractivity contribution in [1.29, 1.82) is 0 Å². The van der Waals surface area contributed by atoms with Crippen LogP contribution < -0.4 is 0 Å². The SMILES string of the molecule is CCCCC(CC)(CCCC)OC(=O)O. The van der Waals surface area contributed by atoms with Gasteiger partial charge in [-0.25, -0.2) is 4.79 Å². The number of unbranched alkanes of at least 4 members (excludes halogenated alkanes) is 2. The monoisotopic (exact) mass is 216 g/mol. The zero-order chi connectivity index (χ0) is 11.7. The average molecular weight is 216 g/mol. The number of carbonyl (C=O) groups is 1. The minimum absolute atomic E-state index is 0.433. The van der Waals surface area contributed by atoms with E-state index >= 15 is 0 Å². The van der Waals surface area contributed by atoms with E-state index in [9.17, 15) is 4.79 Å². The Balaban J connectivity index is 4.36. The molecule has 3 heteroatoms. The molecule has 0 fully saturated rings. The van der Waals surface area contributed by atoms with Crippen molar-refractivity contribution in [2.75, 3.05) is 0 Å². The lowest BCUT2D eigenvalue weighted by atomic mass is 9.88. The van der Waals surface area contributed by atoms with E-state index in [1.165, 1.54) is 0 Å². The number of ether oxygens (including phenoxy) is 1. The molecule has 0 rings (SSSR count). The molecule has 0 aliphatic rings. The lowest BCUT2D eigenvalue weighted by molar-refractivity contribution is -0.0348. The Morgan fingerprint density at radius 1 is 1.13 bits per heavy atom. The van der Waals surface area contributed by atoms with Gasteiger partial charge in [-0.05, 0) is 32.1 Å². The Labute approximate surface area is 92.8 Å². The number of hydrogen-bond acceptors (Lipinski definition) is 2. The minimum Gasteiger partial charge on any atom is -0.450 e.